The fraction of sp³-hybridized carbons (Fsp3) is 1.00. The average Bonchev–Trinajstić information content (AvgIpc) is 3.35. The predicted molar refractivity (Wildman–Crippen MR) is 112 cm³/mol. The maximum Gasteiger partial charge on any atom is 0.143 e. The summed E-state index contributed by atoms with van der Waals surface area (Å²) in [7, 11) is 0. The van der Waals surface area contributed by atoms with E-state index >= 15 is 0 Å². The number of nitrogens with one attached hydrogen (secondary N) is 1. The number of nitrogens with zero attached hydrogens (tertiary/aromatic N) is 3. The summed E-state index contributed by atoms with van der Waals surface area (Å²) in [6.45, 7) is 10.1. The first kappa shape index (κ1) is 20.6. The normalized spacial score (nSPS) is 41.6. The molecule has 0 saturated carbocycles. The van der Waals surface area contributed by atoms with Crippen LogP contribution >= 0.6 is 0 Å². The molecule has 0 bridgehead atoms. The molecule has 4 unspecified atom stereocenters. The van der Waals surface area contributed by atoms with Gasteiger partial charge in [0.25, 0.3) is 0 Å². The zero-order valence-corrected chi connectivity index (χ0v) is 18.0. The van der Waals surface area contributed by atoms with Gasteiger partial charge in [0.15, 0.2) is 0 Å². The van der Waals surface area contributed by atoms with Gasteiger partial charge in [-0.15, -0.1) is 0 Å². The molecule has 0 aromatic rings. The van der Waals surface area contributed by atoms with Gasteiger partial charge in [-0.25, -0.2) is 10.0 Å². The number of hydrogen-bond acceptors (Lipinski definition) is 7. The zero-order chi connectivity index (χ0) is 19.5. The highest BCUT2D eigenvalue weighted by Gasteiger charge is 2.61. The number of hydrogen-bond donors (Lipinski definition) is 1. The maximum absolute atomic E-state index is 6.67. The van der Waals surface area contributed by atoms with Crippen molar-refractivity contribution >= 4 is 0 Å². The standard InChI is InChI=1S/C22H40N4O3/c1-3-11-24(12-4-1)22(20-8-2-5-16-28-20)21(19-7-6-17-27-19)29-18-15-26(22)25-13-9-23-10-14-25/h19-21,23H,1-18H2. The van der Waals surface area contributed by atoms with E-state index in [0.717, 1.165) is 84.9 Å². The Morgan fingerprint density at radius 3 is 2.24 bits per heavy atom. The number of piperazine rings is 1. The van der Waals surface area contributed by atoms with E-state index in [1.165, 1.54) is 32.1 Å². The van der Waals surface area contributed by atoms with Gasteiger partial charge >= 0.3 is 0 Å². The molecule has 7 nitrogen and oxygen atoms in total. The molecule has 1 N–H and O–H groups in total. The Hall–Kier alpha value is -0.280. The molecule has 0 spiro atoms. The summed E-state index contributed by atoms with van der Waals surface area (Å²) < 4.78 is 19.6. The molecule has 166 valence electrons. The van der Waals surface area contributed by atoms with E-state index in [2.05, 4.69) is 20.2 Å². The molecule has 5 rings (SSSR count). The highest BCUT2D eigenvalue weighted by atomic mass is 16.6. The SMILES string of the molecule is C1CCN(C2(C3CCCCO3)C(C3CCCO3)OCCN2N2CCNCC2)CC1. The minimum atomic E-state index is -0.231. The lowest BCUT2D eigenvalue weighted by Gasteiger charge is -2.64. The number of morpholine rings is 1. The van der Waals surface area contributed by atoms with Crippen molar-refractivity contribution in [3.63, 3.8) is 0 Å². The molecule has 5 aliphatic heterocycles. The topological polar surface area (TPSA) is 49.4 Å². The Labute approximate surface area is 176 Å². The summed E-state index contributed by atoms with van der Waals surface area (Å²) in [5.41, 5.74) is -0.231. The van der Waals surface area contributed by atoms with Crippen molar-refractivity contribution in [2.24, 2.45) is 0 Å². The van der Waals surface area contributed by atoms with Gasteiger partial charge in [-0.2, -0.15) is 0 Å². The van der Waals surface area contributed by atoms with Crippen LogP contribution in [0.15, 0.2) is 0 Å². The van der Waals surface area contributed by atoms with Crippen LogP contribution in [-0.2, 0) is 14.2 Å². The lowest BCUT2D eigenvalue weighted by atomic mass is 9.82. The third kappa shape index (κ3) is 3.88. The van der Waals surface area contributed by atoms with Gasteiger partial charge in [0.1, 0.15) is 11.8 Å². The van der Waals surface area contributed by atoms with E-state index in [1.807, 2.05) is 0 Å². The van der Waals surface area contributed by atoms with E-state index in [4.69, 9.17) is 14.2 Å². The Balaban J connectivity index is 1.56. The largest absolute Gasteiger partial charge is 0.375 e. The highest BCUT2D eigenvalue weighted by molar-refractivity contribution is 5.09. The van der Waals surface area contributed by atoms with Crippen molar-refractivity contribution in [2.75, 3.05) is 65.6 Å². The fourth-order valence-corrected chi connectivity index (χ4v) is 6.42. The van der Waals surface area contributed by atoms with E-state index in [1.54, 1.807) is 0 Å². The van der Waals surface area contributed by atoms with Gasteiger partial charge < -0.3 is 19.5 Å². The van der Waals surface area contributed by atoms with Crippen LogP contribution in [0.4, 0.5) is 0 Å². The van der Waals surface area contributed by atoms with E-state index in [-0.39, 0.29) is 24.0 Å². The zero-order valence-electron chi connectivity index (χ0n) is 18.0. The molecule has 7 heteroatoms. The molecule has 0 aliphatic carbocycles. The quantitative estimate of drug-likeness (QED) is 0.755. The van der Waals surface area contributed by atoms with Crippen molar-refractivity contribution in [1.82, 2.24) is 20.2 Å². The van der Waals surface area contributed by atoms with Crippen molar-refractivity contribution in [3.05, 3.63) is 0 Å². The average molecular weight is 409 g/mol. The van der Waals surface area contributed by atoms with Crippen LogP contribution in [0.1, 0.15) is 51.4 Å². The van der Waals surface area contributed by atoms with Crippen LogP contribution in [-0.4, -0.2) is 105 Å². The van der Waals surface area contributed by atoms with E-state index in [0.29, 0.717) is 0 Å². The molecule has 0 aromatic heterocycles. The summed E-state index contributed by atoms with van der Waals surface area (Å²) in [4.78, 5) is 2.76. The smallest absolute Gasteiger partial charge is 0.143 e. The monoisotopic (exact) mass is 408 g/mol. The summed E-state index contributed by atoms with van der Waals surface area (Å²) in [6.07, 6.45) is 10.2. The first-order valence-electron chi connectivity index (χ1n) is 12.2. The van der Waals surface area contributed by atoms with Gasteiger partial charge in [0, 0.05) is 59.0 Å². The number of hydrazine groups is 1. The highest BCUT2D eigenvalue weighted by Crippen LogP contribution is 2.44. The molecule has 4 atom stereocenters. The molecule has 5 saturated heterocycles. The van der Waals surface area contributed by atoms with Gasteiger partial charge in [-0.1, -0.05) is 6.42 Å². The Morgan fingerprint density at radius 2 is 1.52 bits per heavy atom. The number of likely N-dealkylation sites (tertiary alicyclic amines) is 1. The van der Waals surface area contributed by atoms with E-state index < -0.39 is 0 Å². The van der Waals surface area contributed by atoms with Crippen LogP contribution < -0.4 is 5.32 Å². The van der Waals surface area contributed by atoms with Crippen molar-refractivity contribution in [3.8, 4) is 0 Å². The van der Waals surface area contributed by atoms with Crippen LogP contribution in [0.5, 0.6) is 0 Å². The molecule has 0 amide bonds. The Kier molecular flexibility index (Phi) is 6.73. The lowest BCUT2D eigenvalue weighted by molar-refractivity contribution is -0.324. The Bertz CT molecular complexity index is 494. The third-order valence-electron chi connectivity index (χ3n) is 7.69. The van der Waals surface area contributed by atoms with Gasteiger partial charge in [-0.3, -0.25) is 4.90 Å². The molecule has 5 heterocycles. The van der Waals surface area contributed by atoms with Crippen LogP contribution in [0.2, 0.25) is 0 Å². The first-order valence-corrected chi connectivity index (χ1v) is 12.2. The molecular formula is C22H40N4O3. The number of piperidine rings is 1. The van der Waals surface area contributed by atoms with Crippen LogP contribution in [0.25, 0.3) is 0 Å². The van der Waals surface area contributed by atoms with Gasteiger partial charge in [-0.05, 0) is 44.9 Å². The van der Waals surface area contributed by atoms with Gasteiger partial charge in [0.2, 0.25) is 0 Å². The molecule has 5 aliphatic rings. The number of rotatable bonds is 4. The first-order chi connectivity index (χ1) is 14.4. The van der Waals surface area contributed by atoms with Crippen molar-refractivity contribution < 1.29 is 14.2 Å². The minimum Gasteiger partial charge on any atom is -0.375 e. The molecule has 0 aromatic carbocycles. The molecule has 5 fully saturated rings. The van der Waals surface area contributed by atoms with Crippen LogP contribution in [0.3, 0.4) is 0 Å². The summed E-state index contributed by atoms with van der Waals surface area (Å²) >= 11 is 0. The molecule has 0 radical (unpaired) electrons. The van der Waals surface area contributed by atoms with E-state index in [9.17, 15) is 0 Å². The third-order valence-corrected chi connectivity index (χ3v) is 7.69. The van der Waals surface area contributed by atoms with Crippen LogP contribution in [0, 0.1) is 0 Å². The molecule has 29 heavy (non-hydrogen) atoms. The summed E-state index contributed by atoms with van der Waals surface area (Å²) in [5.74, 6) is 0. The summed E-state index contributed by atoms with van der Waals surface area (Å²) in [5, 5.41) is 8.87. The number of ether oxygens (including phenoxy) is 3. The second-order valence-electron chi connectivity index (χ2n) is 9.36. The maximum atomic E-state index is 6.67. The second kappa shape index (κ2) is 9.47. The minimum absolute atomic E-state index is 0.0647. The Morgan fingerprint density at radius 1 is 0.690 bits per heavy atom. The predicted octanol–water partition coefficient (Wildman–Crippen LogP) is 1.44. The van der Waals surface area contributed by atoms with Gasteiger partial charge in [0.05, 0.1) is 18.8 Å². The fourth-order valence-electron chi connectivity index (χ4n) is 6.42. The van der Waals surface area contributed by atoms with Crippen molar-refractivity contribution in [2.45, 2.75) is 75.3 Å². The lowest BCUT2D eigenvalue weighted by Crippen LogP contribution is -2.81. The summed E-state index contributed by atoms with van der Waals surface area (Å²) in [6, 6.07) is 0. The molecular weight excluding hydrogens is 368 g/mol. The van der Waals surface area contributed by atoms with Crippen molar-refractivity contribution in [1.29, 1.82) is 0 Å². The second-order valence-corrected chi connectivity index (χ2v) is 9.36.